The zero-order chi connectivity index (χ0) is 30.9. The third-order valence-corrected chi connectivity index (χ3v) is 11.2. The molecule has 0 saturated heterocycles. The minimum absolute atomic E-state index is 0.00185. The molecule has 0 saturated carbocycles. The SMILES string of the molecule is CC1(C)CCc2ccc(-c3ccc4c(c3)Oc3ccnc5c3B4c3ccc(-c4ccc6c(c4)C(C)(C)CC6(C)C)cc3O5)cc21. The first-order chi connectivity index (χ1) is 21.5. The summed E-state index contributed by atoms with van der Waals surface area (Å²) in [5.41, 5.74) is 14.6. The van der Waals surface area contributed by atoms with E-state index in [1.807, 2.05) is 6.07 Å². The van der Waals surface area contributed by atoms with E-state index in [-0.39, 0.29) is 23.0 Å². The molecular weight excluding hydrogens is 549 g/mol. The van der Waals surface area contributed by atoms with Gasteiger partial charge in [0.15, 0.2) is 0 Å². The molecule has 0 radical (unpaired) electrons. The highest BCUT2D eigenvalue weighted by molar-refractivity contribution is 6.98. The second-order valence-electron chi connectivity index (χ2n) is 15.6. The van der Waals surface area contributed by atoms with E-state index in [9.17, 15) is 0 Å². The summed E-state index contributed by atoms with van der Waals surface area (Å²) in [5, 5.41) is 0. The zero-order valence-corrected chi connectivity index (χ0v) is 27.0. The summed E-state index contributed by atoms with van der Waals surface area (Å²) in [7, 11) is 0. The number of ether oxygens (including phenoxy) is 2. The summed E-state index contributed by atoms with van der Waals surface area (Å²) in [6.45, 7) is 14.2. The third-order valence-electron chi connectivity index (χ3n) is 11.2. The van der Waals surface area contributed by atoms with Crippen LogP contribution >= 0.6 is 0 Å². The van der Waals surface area contributed by atoms with E-state index in [2.05, 4.69) is 119 Å². The fraction of sp³-hybridized carbons (Fsp3) is 0.293. The number of rotatable bonds is 2. The number of aryl methyl sites for hydroxylation is 1. The number of hydrogen-bond acceptors (Lipinski definition) is 3. The Morgan fingerprint density at radius 3 is 1.91 bits per heavy atom. The van der Waals surface area contributed by atoms with Gasteiger partial charge in [-0.2, -0.15) is 0 Å². The molecule has 0 bridgehead atoms. The average Bonchev–Trinajstić information content (AvgIpc) is 3.42. The number of fused-ring (bicyclic) bond motifs is 6. The van der Waals surface area contributed by atoms with Crippen LogP contribution in [-0.4, -0.2) is 11.7 Å². The predicted octanol–water partition coefficient (Wildman–Crippen LogP) is 8.33. The van der Waals surface area contributed by atoms with Gasteiger partial charge in [0.2, 0.25) is 5.88 Å². The Morgan fingerprint density at radius 1 is 0.578 bits per heavy atom. The molecule has 45 heavy (non-hydrogen) atoms. The molecule has 1 aromatic heterocycles. The lowest BCUT2D eigenvalue weighted by atomic mass is 9.35. The van der Waals surface area contributed by atoms with Gasteiger partial charge in [-0.05, 0) is 109 Å². The lowest BCUT2D eigenvalue weighted by Gasteiger charge is -2.32. The predicted molar refractivity (Wildman–Crippen MR) is 185 cm³/mol. The van der Waals surface area contributed by atoms with Crippen molar-refractivity contribution in [3.05, 3.63) is 107 Å². The van der Waals surface area contributed by atoms with Crippen LogP contribution in [-0.2, 0) is 22.7 Å². The van der Waals surface area contributed by atoms with Crippen LogP contribution < -0.4 is 25.9 Å². The van der Waals surface area contributed by atoms with Crippen molar-refractivity contribution >= 4 is 23.1 Å². The van der Waals surface area contributed by atoms with Gasteiger partial charge in [0.25, 0.3) is 6.71 Å². The number of nitrogens with zero attached hydrogens (tertiary/aromatic N) is 1. The second kappa shape index (κ2) is 8.91. The van der Waals surface area contributed by atoms with Gasteiger partial charge >= 0.3 is 0 Å². The maximum absolute atomic E-state index is 6.59. The molecule has 0 amide bonds. The Balaban J connectivity index is 1.13. The van der Waals surface area contributed by atoms with Crippen molar-refractivity contribution in [2.75, 3.05) is 0 Å². The number of benzene rings is 4. The maximum Gasteiger partial charge on any atom is 0.262 e. The fourth-order valence-corrected chi connectivity index (χ4v) is 9.01. The summed E-state index contributed by atoms with van der Waals surface area (Å²) < 4.78 is 13.1. The van der Waals surface area contributed by atoms with Gasteiger partial charge in [0.1, 0.15) is 17.2 Å². The number of hydrogen-bond donors (Lipinski definition) is 0. The van der Waals surface area contributed by atoms with Crippen molar-refractivity contribution in [2.45, 2.75) is 77.0 Å². The van der Waals surface area contributed by atoms with Crippen LogP contribution in [0.25, 0.3) is 22.3 Å². The van der Waals surface area contributed by atoms with Crippen LogP contribution in [0.3, 0.4) is 0 Å². The second-order valence-corrected chi connectivity index (χ2v) is 15.6. The summed E-state index contributed by atoms with van der Waals surface area (Å²) in [6.07, 6.45) is 5.32. The van der Waals surface area contributed by atoms with E-state index >= 15 is 0 Å². The zero-order valence-electron chi connectivity index (χ0n) is 27.0. The molecular formula is C41H38BNO2. The molecule has 3 heterocycles. The van der Waals surface area contributed by atoms with Crippen molar-refractivity contribution in [3.63, 3.8) is 0 Å². The van der Waals surface area contributed by atoms with E-state index in [0.717, 1.165) is 46.5 Å². The molecule has 2 aliphatic carbocycles. The Kier molecular flexibility index (Phi) is 5.35. The molecule has 0 fully saturated rings. The van der Waals surface area contributed by atoms with Crippen LogP contribution in [0.5, 0.6) is 23.1 Å². The van der Waals surface area contributed by atoms with Gasteiger partial charge in [-0.1, -0.05) is 102 Å². The van der Waals surface area contributed by atoms with Crippen molar-refractivity contribution in [1.82, 2.24) is 4.98 Å². The largest absolute Gasteiger partial charge is 0.458 e. The molecule has 4 aromatic carbocycles. The Bertz CT molecular complexity index is 2090. The molecule has 2 aliphatic heterocycles. The van der Waals surface area contributed by atoms with Gasteiger partial charge in [0.05, 0.1) is 0 Å². The summed E-state index contributed by atoms with van der Waals surface area (Å²) in [5.74, 6) is 3.23. The highest BCUT2D eigenvalue weighted by Crippen LogP contribution is 2.50. The molecule has 222 valence electrons. The Labute approximate surface area is 266 Å². The summed E-state index contributed by atoms with van der Waals surface area (Å²) in [4.78, 5) is 4.68. The van der Waals surface area contributed by atoms with Gasteiger partial charge in [0, 0.05) is 11.7 Å². The standard InChI is InChI=1S/C41H38BNO2/c1-39(2)17-15-24-7-8-25(19-30(24)39)27-10-13-32-35(21-27)44-34-16-18-43-38-37(34)42(32)33-14-11-28(22-36(33)45-38)26-9-12-29-31(20-26)41(5,6)23-40(29,3)4/h7-14,16,18-22H,15,17,23H2,1-6H3. The Hall–Kier alpha value is -4.31. The van der Waals surface area contributed by atoms with Crippen LogP contribution in [0, 0.1) is 0 Å². The first-order valence-electron chi connectivity index (χ1n) is 16.4. The fourth-order valence-electron chi connectivity index (χ4n) is 9.01. The minimum Gasteiger partial charge on any atom is -0.458 e. The van der Waals surface area contributed by atoms with Crippen LogP contribution in [0.15, 0.2) is 85.1 Å². The van der Waals surface area contributed by atoms with E-state index in [4.69, 9.17) is 9.47 Å². The summed E-state index contributed by atoms with van der Waals surface area (Å²) in [6, 6.07) is 29.4. The lowest BCUT2D eigenvalue weighted by molar-refractivity contribution is 0.403. The van der Waals surface area contributed by atoms with E-state index in [0.29, 0.717) is 5.88 Å². The minimum atomic E-state index is -0.00185. The van der Waals surface area contributed by atoms with E-state index < -0.39 is 0 Å². The summed E-state index contributed by atoms with van der Waals surface area (Å²) >= 11 is 0. The molecule has 0 unspecified atom stereocenters. The van der Waals surface area contributed by atoms with Gasteiger partial charge in [-0.3, -0.25) is 0 Å². The van der Waals surface area contributed by atoms with Gasteiger partial charge < -0.3 is 9.47 Å². The average molecular weight is 588 g/mol. The first-order valence-corrected chi connectivity index (χ1v) is 16.4. The smallest absolute Gasteiger partial charge is 0.262 e. The van der Waals surface area contributed by atoms with Gasteiger partial charge in [-0.15, -0.1) is 0 Å². The normalized spacial score (nSPS) is 18.6. The van der Waals surface area contributed by atoms with Crippen molar-refractivity contribution in [3.8, 4) is 45.4 Å². The van der Waals surface area contributed by atoms with Crippen molar-refractivity contribution in [2.24, 2.45) is 0 Å². The molecule has 4 aliphatic rings. The quantitative estimate of drug-likeness (QED) is 0.191. The van der Waals surface area contributed by atoms with E-state index in [1.165, 1.54) is 50.9 Å². The molecule has 5 aromatic rings. The Morgan fingerprint density at radius 2 is 1.18 bits per heavy atom. The molecule has 0 spiro atoms. The molecule has 0 atom stereocenters. The molecule has 3 nitrogen and oxygen atoms in total. The molecule has 4 heteroatoms. The van der Waals surface area contributed by atoms with Crippen LogP contribution in [0.1, 0.15) is 76.6 Å². The van der Waals surface area contributed by atoms with Crippen molar-refractivity contribution < 1.29 is 9.47 Å². The van der Waals surface area contributed by atoms with Gasteiger partial charge in [-0.25, -0.2) is 4.98 Å². The van der Waals surface area contributed by atoms with Crippen LogP contribution in [0.4, 0.5) is 0 Å². The monoisotopic (exact) mass is 587 g/mol. The topological polar surface area (TPSA) is 31.4 Å². The first kappa shape index (κ1) is 27.0. The highest BCUT2D eigenvalue weighted by Gasteiger charge is 2.43. The molecule has 0 N–H and O–H groups in total. The number of aromatic nitrogens is 1. The van der Waals surface area contributed by atoms with Crippen molar-refractivity contribution in [1.29, 1.82) is 0 Å². The lowest BCUT2D eigenvalue weighted by Crippen LogP contribution is -2.57. The molecule has 9 rings (SSSR count). The van der Waals surface area contributed by atoms with E-state index in [1.54, 1.807) is 6.20 Å². The number of pyridine rings is 1. The third kappa shape index (κ3) is 3.94. The highest BCUT2D eigenvalue weighted by atomic mass is 16.5. The maximum atomic E-state index is 6.59. The van der Waals surface area contributed by atoms with Crippen LogP contribution in [0.2, 0.25) is 0 Å².